The molecule has 26 heavy (non-hydrogen) atoms. The minimum atomic E-state index is -0.342. The van der Waals surface area contributed by atoms with Gasteiger partial charge < -0.3 is 5.32 Å². The lowest BCUT2D eigenvalue weighted by Gasteiger charge is -2.08. The SMILES string of the molecule is Cc1cc(Cl)cc(-n2cc(C(C)C(=O)Nc3cc(C4CC4)[nH]n3)cn2)c1. The molecule has 2 N–H and O–H groups in total. The normalized spacial score (nSPS) is 15.0. The van der Waals surface area contributed by atoms with E-state index < -0.39 is 0 Å². The van der Waals surface area contributed by atoms with Gasteiger partial charge in [-0.25, -0.2) is 4.68 Å². The topological polar surface area (TPSA) is 75.6 Å². The van der Waals surface area contributed by atoms with E-state index in [1.54, 1.807) is 10.9 Å². The number of hydrogen-bond acceptors (Lipinski definition) is 3. The number of rotatable bonds is 5. The fourth-order valence-corrected chi connectivity index (χ4v) is 3.22. The van der Waals surface area contributed by atoms with Crippen molar-refractivity contribution < 1.29 is 4.79 Å². The maximum absolute atomic E-state index is 12.5. The Labute approximate surface area is 156 Å². The molecule has 2 heterocycles. The van der Waals surface area contributed by atoms with Crippen molar-refractivity contribution in [2.45, 2.75) is 38.5 Å². The summed E-state index contributed by atoms with van der Waals surface area (Å²) >= 11 is 6.12. The number of hydrogen-bond donors (Lipinski definition) is 2. The van der Waals surface area contributed by atoms with Crippen molar-refractivity contribution in [1.29, 1.82) is 0 Å². The van der Waals surface area contributed by atoms with Crippen molar-refractivity contribution in [1.82, 2.24) is 20.0 Å². The van der Waals surface area contributed by atoms with Gasteiger partial charge >= 0.3 is 0 Å². The Morgan fingerprint density at radius 1 is 1.35 bits per heavy atom. The highest BCUT2D eigenvalue weighted by molar-refractivity contribution is 6.30. The summed E-state index contributed by atoms with van der Waals surface area (Å²) < 4.78 is 1.73. The Hall–Kier alpha value is -2.60. The first-order valence-corrected chi connectivity index (χ1v) is 9.05. The highest BCUT2D eigenvalue weighted by Crippen LogP contribution is 2.39. The highest BCUT2D eigenvalue weighted by atomic mass is 35.5. The Bertz CT molecular complexity index is 936. The predicted octanol–water partition coefficient (Wildman–Crippen LogP) is 4.18. The van der Waals surface area contributed by atoms with E-state index in [2.05, 4.69) is 20.6 Å². The summed E-state index contributed by atoms with van der Waals surface area (Å²) in [5.74, 6) is 0.692. The third-order valence-electron chi connectivity index (χ3n) is 4.65. The maximum Gasteiger partial charge on any atom is 0.232 e. The molecule has 1 amide bonds. The zero-order valence-corrected chi connectivity index (χ0v) is 15.4. The first-order valence-electron chi connectivity index (χ1n) is 8.68. The van der Waals surface area contributed by atoms with Gasteiger partial charge in [-0.1, -0.05) is 11.6 Å². The Morgan fingerprint density at radius 2 is 2.15 bits per heavy atom. The van der Waals surface area contributed by atoms with Crippen LogP contribution in [0.5, 0.6) is 0 Å². The van der Waals surface area contributed by atoms with Crippen LogP contribution in [0.1, 0.15) is 48.4 Å². The second kappa shape index (κ2) is 6.61. The molecule has 1 aromatic carbocycles. The first-order chi connectivity index (χ1) is 12.5. The molecule has 134 valence electrons. The van der Waals surface area contributed by atoms with Crippen LogP contribution >= 0.6 is 11.6 Å². The third-order valence-corrected chi connectivity index (χ3v) is 4.87. The van der Waals surface area contributed by atoms with Crippen LogP contribution in [-0.4, -0.2) is 25.9 Å². The van der Waals surface area contributed by atoms with Gasteiger partial charge in [-0.15, -0.1) is 0 Å². The lowest BCUT2D eigenvalue weighted by atomic mass is 10.0. The molecule has 0 radical (unpaired) electrons. The van der Waals surface area contributed by atoms with Gasteiger partial charge in [0.1, 0.15) is 0 Å². The van der Waals surface area contributed by atoms with Gasteiger partial charge in [-0.05, 0) is 50.5 Å². The summed E-state index contributed by atoms with van der Waals surface area (Å²) in [6, 6.07) is 7.65. The van der Waals surface area contributed by atoms with E-state index in [4.69, 9.17) is 11.6 Å². The number of halogens is 1. The lowest BCUT2D eigenvalue weighted by molar-refractivity contribution is -0.117. The lowest BCUT2D eigenvalue weighted by Crippen LogP contribution is -2.18. The summed E-state index contributed by atoms with van der Waals surface area (Å²) in [6.45, 7) is 3.84. The smallest absolute Gasteiger partial charge is 0.232 e. The van der Waals surface area contributed by atoms with E-state index >= 15 is 0 Å². The molecular weight excluding hydrogens is 350 g/mol. The number of amides is 1. The van der Waals surface area contributed by atoms with Crippen molar-refractivity contribution in [2.75, 3.05) is 5.32 Å². The van der Waals surface area contributed by atoms with Crippen LogP contribution in [0, 0.1) is 6.92 Å². The minimum Gasteiger partial charge on any atom is -0.309 e. The van der Waals surface area contributed by atoms with Crippen molar-refractivity contribution in [3.8, 4) is 5.69 Å². The molecule has 4 rings (SSSR count). The molecule has 3 aromatic rings. The van der Waals surface area contributed by atoms with Crippen molar-refractivity contribution >= 4 is 23.3 Å². The summed E-state index contributed by atoms with van der Waals surface area (Å²) in [7, 11) is 0. The van der Waals surface area contributed by atoms with Gasteiger partial charge in [-0.2, -0.15) is 10.2 Å². The van der Waals surface area contributed by atoms with E-state index in [9.17, 15) is 4.79 Å². The summed E-state index contributed by atoms with van der Waals surface area (Å²) in [6.07, 6.45) is 5.94. The fraction of sp³-hybridized carbons (Fsp3) is 0.316. The summed E-state index contributed by atoms with van der Waals surface area (Å²) in [5, 5.41) is 15.1. The standard InChI is InChI=1S/C19H20ClN5O/c1-11-5-15(20)7-16(6-11)25-10-14(9-21-25)12(2)19(26)22-18-8-17(23-24-18)13-3-4-13/h5-10,12-13H,3-4H2,1-2H3,(H2,22,23,24,26). The van der Waals surface area contributed by atoms with Gasteiger partial charge in [0.15, 0.2) is 5.82 Å². The molecule has 0 saturated heterocycles. The number of aryl methyl sites for hydroxylation is 1. The number of carbonyl (C=O) groups is 1. The van der Waals surface area contributed by atoms with E-state index in [0.29, 0.717) is 16.8 Å². The van der Waals surface area contributed by atoms with Gasteiger partial charge in [0.2, 0.25) is 5.91 Å². The average molecular weight is 370 g/mol. The number of nitrogens with one attached hydrogen (secondary N) is 2. The zero-order valence-electron chi connectivity index (χ0n) is 14.7. The van der Waals surface area contributed by atoms with Crippen molar-refractivity contribution in [3.05, 3.63) is 58.5 Å². The highest BCUT2D eigenvalue weighted by Gasteiger charge is 2.26. The Balaban J connectivity index is 1.47. The van der Waals surface area contributed by atoms with E-state index in [1.807, 2.05) is 44.3 Å². The molecular formula is C19H20ClN5O. The van der Waals surface area contributed by atoms with Crippen LogP contribution in [0.3, 0.4) is 0 Å². The maximum atomic E-state index is 12.5. The number of H-pyrrole nitrogens is 1. The molecule has 1 unspecified atom stereocenters. The third kappa shape index (κ3) is 3.51. The number of carbonyl (C=O) groups excluding carboxylic acids is 1. The van der Waals surface area contributed by atoms with E-state index in [0.717, 1.165) is 22.5 Å². The van der Waals surface area contributed by atoms with E-state index in [1.165, 1.54) is 12.8 Å². The monoisotopic (exact) mass is 369 g/mol. The molecule has 7 heteroatoms. The molecule has 1 atom stereocenters. The van der Waals surface area contributed by atoms with Crippen LogP contribution in [0.2, 0.25) is 5.02 Å². The molecule has 0 spiro atoms. The molecule has 6 nitrogen and oxygen atoms in total. The van der Waals surface area contributed by atoms with Crippen molar-refractivity contribution in [3.63, 3.8) is 0 Å². The molecule has 2 aromatic heterocycles. The van der Waals surface area contributed by atoms with Gasteiger partial charge in [0.25, 0.3) is 0 Å². The van der Waals surface area contributed by atoms with Crippen LogP contribution in [0.25, 0.3) is 5.69 Å². The fourth-order valence-electron chi connectivity index (χ4n) is 2.94. The number of anilines is 1. The summed E-state index contributed by atoms with van der Waals surface area (Å²) in [4.78, 5) is 12.5. The summed E-state index contributed by atoms with van der Waals surface area (Å²) in [5.41, 5.74) is 3.85. The van der Waals surface area contributed by atoms with Crippen LogP contribution in [0.4, 0.5) is 5.82 Å². The Kier molecular flexibility index (Phi) is 4.28. The van der Waals surface area contributed by atoms with Crippen LogP contribution < -0.4 is 5.32 Å². The first kappa shape index (κ1) is 16.8. The minimum absolute atomic E-state index is 0.110. The zero-order chi connectivity index (χ0) is 18.3. The van der Waals surface area contributed by atoms with Gasteiger partial charge in [0.05, 0.1) is 17.8 Å². The quantitative estimate of drug-likeness (QED) is 0.708. The molecule has 1 fully saturated rings. The number of aromatic amines is 1. The Morgan fingerprint density at radius 3 is 2.88 bits per heavy atom. The predicted molar refractivity (Wildman–Crippen MR) is 101 cm³/mol. The number of nitrogens with zero attached hydrogens (tertiary/aromatic N) is 3. The molecule has 0 aliphatic heterocycles. The van der Waals surface area contributed by atoms with Gasteiger partial charge in [-0.3, -0.25) is 9.89 Å². The van der Waals surface area contributed by atoms with Crippen LogP contribution in [0.15, 0.2) is 36.7 Å². The molecule has 1 aliphatic carbocycles. The average Bonchev–Trinajstić information content (AvgIpc) is 3.15. The van der Waals surface area contributed by atoms with Crippen molar-refractivity contribution in [2.24, 2.45) is 0 Å². The van der Waals surface area contributed by atoms with Crippen LogP contribution in [-0.2, 0) is 4.79 Å². The number of aromatic nitrogens is 4. The molecule has 0 bridgehead atoms. The number of benzene rings is 1. The second-order valence-electron chi connectivity index (χ2n) is 6.90. The second-order valence-corrected chi connectivity index (χ2v) is 7.34. The largest absolute Gasteiger partial charge is 0.309 e. The molecule has 1 aliphatic rings. The van der Waals surface area contributed by atoms with Gasteiger partial charge in [0, 0.05) is 34.5 Å². The van der Waals surface area contributed by atoms with E-state index in [-0.39, 0.29) is 11.8 Å². The molecule has 1 saturated carbocycles.